The molecule has 0 radical (unpaired) electrons. The molecule has 0 fully saturated rings. The zero-order valence-corrected chi connectivity index (χ0v) is 29.6. The van der Waals surface area contributed by atoms with Crippen molar-refractivity contribution in [3.63, 3.8) is 0 Å². The summed E-state index contributed by atoms with van der Waals surface area (Å²) < 4.78 is 4.47. The van der Waals surface area contributed by atoms with Crippen LogP contribution in [0.15, 0.2) is 188 Å². The van der Waals surface area contributed by atoms with Gasteiger partial charge in [0.25, 0.3) is 11.8 Å². The summed E-state index contributed by atoms with van der Waals surface area (Å²) in [5.74, 6) is -0.685. The van der Waals surface area contributed by atoms with E-state index in [9.17, 15) is 4.79 Å². The number of carbonyl (C=O) groups is 2. The lowest BCUT2D eigenvalue weighted by Crippen LogP contribution is -2.30. The van der Waals surface area contributed by atoms with Gasteiger partial charge in [-0.2, -0.15) is 0 Å². The maximum atomic E-state index is 15.2. The first-order valence-electron chi connectivity index (χ1n) is 18.5. The van der Waals surface area contributed by atoms with Crippen LogP contribution in [0.25, 0.3) is 77.2 Å². The summed E-state index contributed by atoms with van der Waals surface area (Å²) in [6, 6.07) is 63.4. The van der Waals surface area contributed by atoms with Gasteiger partial charge in [0.2, 0.25) is 0 Å². The van der Waals surface area contributed by atoms with Gasteiger partial charge in [-0.15, -0.1) is 0 Å². The lowest BCUT2D eigenvalue weighted by Gasteiger charge is -2.23. The van der Waals surface area contributed by atoms with E-state index in [0.29, 0.717) is 22.5 Å². The highest BCUT2D eigenvalue weighted by Crippen LogP contribution is 2.45. The third kappa shape index (κ3) is 4.53. The number of fused-ring (bicyclic) bond motifs is 7. The maximum Gasteiger partial charge on any atom is 0.268 e. The summed E-state index contributed by atoms with van der Waals surface area (Å²) in [5.41, 5.74) is 10.6. The average molecular weight is 706 g/mol. The fourth-order valence-corrected chi connectivity index (χ4v) is 8.70. The molecule has 2 amide bonds. The monoisotopic (exact) mass is 705 g/mol. The number of hydrogen-bond donors (Lipinski definition) is 0. The molecule has 0 atom stereocenters. The van der Waals surface area contributed by atoms with E-state index in [4.69, 9.17) is 0 Å². The van der Waals surface area contributed by atoms with Gasteiger partial charge in [0.05, 0.1) is 44.6 Å². The van der Waals surface area contributed by atoms with E-state index < -0.39 is 0 Å². The molecule has 2 aromatic heterocycles. The van der Waals surface area contributed by atoms with Gasteiger partial charge in [-0.05, 0) is 53.6 Å². The van der Waals surface area contributed by atoms with Gasteiger partial charge in [0.1, 0.15) is 0 Å². The number of imide groups is 1. The number of carbonyl (C=O) groups excluding carboxylic acids is 2. The van der Waals surface area contributed by atoms with Gasteiger partial charge in [-0.3, -0.25) is 9.59 Å². The molecule has 3 heterocycles. The fourth-order valence-electron chi connectivity index (χ4n) is 8.70. The molecule has 1 aliphatic rings. The normalized spacial score (nSPS) is 12.8. The van der Waals surface area contributed by atoms with Crippen LogP contribution in [0, 0.1) is 0 Å². The SMILES string of the molecule is O=C1c2cccc(-n3c4ccccc4c4ccc(-n5c6ccccc6c6ccccc65)cc43)c2C(=O)N1c1c(-c2ccccc2)cccc1-c1ccccc1. The van der Waals surface area contributed by atoms with Crippen LogP contribution in [-0.4, -0.2) is 20.9 Å². The van der Waals surface area contributed by atoms with Crippen molar-refractivity contribution in [3.05, 3.63) is 199 Å². The molecule has 0 bridgehead atoms. The van der Waals surface area contributed by atoms with Gasteiger partial charge >= 0.3 is 0 Å². The number of benzene rings is 8. The minimum absolute atomic E-state index is 0.339. The highest BCUT2D eigenvalue weighted by Gasteiger charge is 2.41. The fraction of sp³-hybridized carbons (Fsp3) is 0. The maximum absolute atomic E-state index is 15.2. The van der Waals surface area contributed by atoms with Crippen LogP contribution in [0.2, 0.25) is 0 Å². The molecule has 10 aromatic rings. The number of para-hydroxylation sites is 4. The number of amides is 2. The summed E-state index contributed by atoms with van der Waals surface area (Å²) in [6.45, 7) is 0. The first kappa shape index (κ1) is 31.1. The Hall–Kier alpha value is -7.50. The first-order chi connectivity index (χ1) is 27.2. The molecule has 0 saturated carbocycles. The highest BCUT2D eigenvalue weighted by atomic mass is 16.2. The van der Waals surface area contributed by atoms with E-state index in [0.717, 1.165) is 60.8 Å². The minimum Gasteiger partial charge on any atom is -0.309 e. The quantitative estimate of drug-likeness (QED) is 0.167. The summed E-state index contributed by atoms with van der Waals surface area (Å²) >= 11 is 0. The van der Waals surface area contributed by atoms with Gasteiger partial charge in [0, 0.05) is 38.4 Å². The van der Waals surface area contributed by atoms with Crippen LogP contribution in [0.5, 0.6) is 0 Å². The van der Waals surface area contributed by atoms with E-state index in [-0.39, 0.29) is 11.8 Å². The van der Waals surface area contributed by atoms with Crippen molar-refractivity contribution in [2.24, 2.45) is 0 Å². The Morgan fingerprint density at radius 3 is 1.40 bits per heavy atom. The van der Waals surface area contributed by atoms with Crippen LogP contribution in [0.4, 0.5) is 5.69 Å². The second kappa shape index (κ2) is 12.0. The summed E-state index contributed by atoms with van der Waals surface area (Å²) in [5, 5.41) is 4.51. The van der Waals surface area contributed by atoms with Crippen molar-refractivity contribution in [2.75, 3.05) is 4.90 Å². The van der Waals surface area contributed by atoms with Crippen LogP contribution in [-0.2, 0) is 0 Å². The van der Waals surface area contributed by atoms with Crippen molar-refractivity contribution in [1.29, 1.82) is 0 Å². The number of hydrogen-bond acceptors (Lipinski definition) is 2. The van der Waals surface area contributed by atoms with Crippen molar-refractivity contribution in [3.8, 4) is 33.6 Å². The summed E-state index contributed by atoms with van der Waals surface area (Å²) in [7, 11) is 0. The number of anilines is 1. The average Bonchev–Trinajstić information content (AvgIpc) is 3.85. The predicted molar refractivity (Wildman–Crippen MR) is 224 cm³/mol. The van der Waals surface area contributed by atoms with E-state index in [1.54, 1.807) is 6.07 Å². The molecule has 5 nitrogen and oxygen atoms in total. The zero-order valence-electron chi connectivity index (χ0n) is 29.6. The lowest BCUT2D eigenvalue weighted by atomic mass is 9.95. The van der Waals surface area contributed by atoms with Crippen molar-refractivity contribution in [1.82, 2.24) is 9.13 Å². The van der Waals surface area contributed by atoms with E-state index in [1.165, 1.54) is 15.7 Å². The molecule has 55 heavy (non-hydrogen) atoms. The van der Waals surface area contributed by atoms with Gasteiger partial charge in [0.15, 0.2) is 0 Å². The van der Waals surface area contributed by atoms with Gasteiger partial charge < -0.3 is 9.13 Å². The van der Waals surface area contributed by atoms with Gasteiger partial charge in [-0.25, -0.2) is 4.90 Å². The number of rotatable bonds is 5. The summed E-state index contributed by atoms with van der Waals surface area (Å²) in [6.07, 6.45) is 0. The Kier molecular flexibility index (Phi) is 6.79. The van der Waals surface area contributed by atoms with Crippen LogP contribution >= 0.6 is 0 Å². The van der Waals surface area contributed by atoms with Crippen LogP contribution in [0.3, 0.4) is 0 Å². The molecular formula is C50H31N3O2. The topological polar surface area (TPSA) is 47.2 Å². The van der Waals surface area contributed by atoms with E-state index in [2.05, 4.69) is 88.0 Å². The molecule has 5 heteroatoms. The van der Waals surface area contributed by atoms with Crippen LogP contribution < -0.4 is 4.90 Å². The summed E-state index contributed by atoms with van der Waals surface area (Å²) in [4.78, 5) is 31.4. The Labute approximate surface area is 316 Å². The number of nitrogens with zero attached hydrogens (tertiary/aromatic N) is 3. The molecular weight excluding hydrogens is 675 g/mol. The van der Waals surface area contributed by atoms with Gasteiger partial charge in [-0.1, -0.05) is 146 Å². The number of aromatic nitrogens is 2. The van der Waals surface area contributed by atoms with E-state index in [1.807, 2.05) is 103 Å². The molecule has 0 spiro atoms. The smallest absolute Gasteiger partial charge is 0.268 e. The minimum atomic E-state index is -0.347. The van der Waals surface area contributed by atoms with Crippen LogP contribution in [0.1, 0.15) is 20.7 Å². The third-order valence-corrected chi connectivity index (χ3v) is 11.1. The molecule has 0 N–H and O–H groups in total. The largest absolute Gasteiger partial charge is 0.309 e. The Morgan fingerprint density at radius 1 is 0.345 bits per heavy atom. The molecule has 0 unspecified atom stereocenters. The van der Waals surface area contributed by atoms with Crippen molar-refractivity contribution < 1.29 is 9.59 Å². The third-order valence-electron chi connectivity index (χ3n) is 11.1. The lowest BCUT2D eigenvalue weighted by molar-refractivity contribution is 0.0926. The molecule has 8 aromatic carbocycles. The van der Waals surface area contributed by atoms with Crippen molar-refractivity contribution in [2.45, 2.75) is 0 Å². The standard InChI is InChI=1S/C50H31N3O2/c54-49-41-24-14-28-45(47(41)50(55)53(49)48-35(32-15-3-1-4-16-32)22-13-23-36(48)33-17-5-2-6-18-33)52-44-27-12-9-21-39(44)40-30-29-34(31-46(40)52)51-42-25-10-7-19-37(42)38-20-8-11-26-43(38)51/h1-31H. The Bertz CT molecular complexity index is 3080. The second-order valence-electron chi connectivity index (χ2n) is 14.0. The Morgan fingerprint density at radius 2 is 0.818 bits per heavy atom. The molecule has 258 valence electrons. The highest BCUT2D eigenvalue weighted by molar-refractivity contribution is 6.37. The molecule has 11 rings (SSSR count). The zero-order chi connectivity index (χ0) is 36.6. The molecule has 0 saturated heterocycles. The Balaban J connectivity index is 1.15. The van der Waals surface area contributed by atoms with E-state index >= 15 is 4.79 Å². The first-order valence-corrected chi connectivity index (χ1v) is 18.5. The molecule has 0 aliphatic carbocycles. The molecule has 1 aliphatic heterocycles. The predicted octanol–water partition coefficient (Wildman–Crippen LogP) is 12.0. The second-order valence-corrected chi connectivity index (χ2v) is 14.0. The van der Waals surface area contributed by atoms with Crippen molar-refractivity contribution >= 4 is 61.1 Å².